The Hall–Kier alpha value is -3.40. The first-order valence-electron chi connectivity index (χ1n) is 9.58. The molecule has 0 spiro atoms. The summed E-state index contributed by atoms with van der Waals surface area (Å²) in [5, 5.41) is 5.54. The van der Waals surface area contributed by atoms with Crippen LogP contribution in [0.5, 0.6) is 11.5 Å². The number of hydrogen-bond donors (Lipinski definition) is 0. The molecule has 158 valence electrons. The minimum Gasteiger partial charge on any atom is -0.490 e. The normalized spacial score (nSPS) is 11.8. The van der Waals surface area contributed by atoms with E-state index in [9.17, 15) is 8.78 Å². The standard InChI is InChI=1S/C21H17F2N5O2S/c1-4-29-14-8-12(5-6-13(14)30-21(22)23)18-26-19-17-16(24-9-28(19)27-18)15-10(2)7-11(3)25-20(15)31-17/h5-9,21H,4H2,1-3H3. The Kier molecular flexibility index (Phi) is 4.66. The minimum atomic E-state index is -2.94. The molecule has 0 saturated heterocycles. The number of hydrogen-bond acceptors (Lipinski definition) is 7. The van der Waals surface area contributed by atoms with E-state index in [0.717, 1.165) is 31.7 Å². The van der Waals surface area contributed by atoms with Crippen molar-refractivity contribution in [3.63, 3.8) is 0 Å². The number of fused-ring (bicyclic) bond motifs is 5. The molecule has 0 aliphatic carbocycles. The highest BCUT2D eigenvalue weighted by Crippen LogP contribution is 2.37. The molecule has 0 unspecified atom stereocenters. The summed E-state index contributed by atoms with van der Waals surface area (Å²) in [5.74, 6) is 0.603. The van der Waals surface area contributed by atoms with E-state index >= 15 is 0 Å². The molecular weight excluding hydrogens is 424 g/mol. The number of rotatable bonds is 5. The van der Waals surface area contributed by atoms with Crippen LogP contribution >= 0.6 is 11.3 Å². The van der Waals surface area contributed by atoms with E-state index in [1.807, 2.05) is 19.9 Å². The molecule has 0 fully saturated rings. The Morgan fingerprint density at radius 2 is 1.97 bits per heavy atom. The van der Waals surface area contributed by atoms with Crippen LogP contribution in [0.4, 0.5) is 8.78 Å². The third-order valence-electron chi connectivity index (χ3n) is 4.81. The largest absolute Gasteiger partial charge is 0.490 e. The van der Waals surface area contributed by atoms with E-state index in [0.29, 0.717) is 23.6 Å². The van der Waals surface area contributed by atoms with Crippen LogP contribution in [0, 0.1) is 13.8 Å². The molecule has 0 amide bonds. The molecule has 5 rings (SSSR count). The number of pyridine rings is 1. The molecule has 31 heavy (non-hydrogen) atoms. The van der Waals surface area contributed by atoms with Gasteiger partial charge in [0.25, 0.3) is 0 Å². The maximum Gasteiger partial charge on any atom is 0.387 e. The highest BCUT2D eigenvalue weighted by atomic mass is 32.1. The van der Waals surface area contributed by atoms with Crippen molar-refractivity contribution in [2.24, 2.45) is 0 Å². The maximum absolute atomic E-state index is 12.7. The van der Waals surface area contributed by atoms with E-state index in [1.54, 1.807) is 29.9 Å². The van der Waals surface area contributed by atoms with Gasteiger partial charge in [0.05, 0.1) is 12.1 Å². The number of nitrogens with zero attached hydrogens (tertiary/aromatic N) is 5. The summed E-state index contributed by atoms with van der Waals surface area (Å²) in [4.78, 5) is 14.8. The van der Waals surface area contributed by atoms with Gasteiger partial charge in [-0.15, -0.1) is 16.4 Å². The van der Waals surface area contributed by atoms with Gasteiger partial charge in [-0.25, -0.2) is 19.5 Å². The van der Waals surface area contributed by atoms with Crippen LogP contribution in [0.15, 0.2) is 30.6 Å². The molecule has 10 heteroatoms. The summed E-state index contributed by atoms with van der Waals surface area (Å²) < 4.78 is 37.9. The van der Waals surface area contributed by atoms with Crippen LogP contribution in [0.2, 0.25) is 0 Å². The van der Waals surface area contributed by atoms with Gasteiger partial charge >= 0.3 is 6.61 Å². The van der Waals surface area contributed by atoms with Gasteiger partial charge in [-0.2, -0.15) is 8.78 Å². The van der Waals surface area contributed by atoms with Gasteiger partial charge in [-0.3, -0.25) is 0 Å². The summed E-state index contributed by atoms with van der Waals surface area (Å²) in [6.45, 7) is 3.14. The number of benzene rings is 1. The van der Waals surface area contributed by atoms with Crippen LogP contribution in [0.25, 0.3) is 37.5 Å². The van der Waals surface area contributed by atoms with Crippen molar-refractivity contribution in [2.75, 3.05) is 6.61 Å². The molecule has 4 heterocycles. The van der Waals surface area contributed by atoms with Gasteiger partial charge in [0.15, 0.2) is 23.0 Å². The van der Waals surface area contributed by atoms with Crippen LogP contribution < -0.4 is 9.47 Å². The molecule has 0 N–H and O–H groups in total. The molecule has 5 aromatic rings. The van der Waals surface area contributed by atoms with Crippen molar-refractivity contribution < 1.29 is 18.3 Å². The quantitative estimate of drug-likeness (QED) is 0.375. The highest BCUT2D eigenvalue weighted by molar-refractivity contribution is 7.26. The fourth-order valence-electron chi connectivity index (χ4n) is 3.60. The van der Waals surface area contributed by atoms with Gasteiger partial charge in [-0.05, 0) is 50.6 Å². The Bertz CT molecular complexity index is 1450. The lowest BCUT2D eigenvalue weighted by Crippen LogP contribution is -2.04. The zero-order chi connectivity index (χ0) is 21.7. The van der Waals surface area contributed by atoms with E-state index < -0.39 is 6.61 Å². The minimum absolute atomic E-state index is 0.0325. The van der Waals surface area contributed by atoms with Crippen molar-refractivity contribution in [3.05, 3.63) is 41.9 Å². The van der Waals surface area contributed by atoms with Crippen LogP contribution in [0.3, 0.4) is 0 Å². The van der Waals surface area contributed by atoms with E-state index in [1.165, 1.54) is 17.4 Å². The first-order chi connectivity index (χ1) is 14.9. The van der Waals surface area contributed by atoms with Crippen LogP contribution in [0.1, 0.15) is 18.2 Å². The van der Waals surface area contributed by atoms with Crippen LogP contribution in [-0.4, -0.2) is 37.8 Å². The van der Waals surface area contributed by atoms with Gasteiger partial charge in [0.1, 0.15) is 15.9 Å². The molecule has 0 atom stereocenters. The SMILES string of the molecule is CCOc1cc(-c2nc3c4sc5nc(C)cc(C)c5c4ncn3n2)ccc1OC(F)F. The second-order valence-electron chi connectivity index (χ2n) is 6.96. The van der Waals surface area contributed by atoms with Crippen molar-refractivity contribution in [1.82, 2.24) is 24.6 Å². The number of halogens is 2. The number of aryl methyl sites for hydroxylation is 2. The zero-order valence-electron chi connectivity index (χ0n) is 16.9. The molecule has 1 aromatic carbocycles. The highest BCUT2D eigenvalue weighted by Gasteiger charge is 2.18. The van der Waals surface area contributed by atoms with Gasteiger partial charge in [0.2, 0.25) is 0 Å². The Morgan fingerprint density at radius 1 is 1.13 bits per heavy atom. The average molecular weight is 441 g/mol. The molecular formula is C21H17F2N5O2S. The van der Waals surface area contributed by atoms with Crippen LogP contribution in [-0.2, 0) is 0 Å². The third-order valence-corrected chi connectivity index (χ3v) is 5.88. The molecule has 4 aromatic heterocycles. The lowest BCUT2D eigenvalue weighted by Gasteiger charge is -2.11. The summed E-state index contributed by atoms with van der Waals surface area (Å²) in [6, 6.07) is 6.69. The number of thiophene rings is 1. The fourth-order valence-corrected chi connectivity index (χ4v) is 4.82. The number of ether oxygens (including phenoxy) is 2. The van der Waals surface area contributed by atoms with Gasteiger partial charge in [-0.1, -0.05) is 0 Å². The topological polar surface area (TPSA) is 74.4 Å². The lowest BCUT2D eigenvalue weighted by atomic mass is 10.1. The van der Waals surface area contributed by atoms with Crippen molar-refractivity contribution in [2.45, 2.75) is 27.4 Å². The first kappa shape index (κ1) is 19.6. The molecule has 7 nitrogen and oxygen atoms in total. The smallest absolute Gasteiger partial charge is 0.387 e. The summed E-state index contributed by atoms with van der Waals surface area (Å²) in [6.07, 6.45) is 1.62. The van der Waals surface area contributed by atoms with Gasteiger partial charge in [0, 0.05) is 16.6 Å². The van der Waals surface area contributed by atoms with E-state index in [-0.39, 0.29) is 11.5 Å². The average Bonchev–Trinajstić information content (AvgIpc) is 3.30. The Labute approximate surface area is 179 Å². The zero-order valence-corrected chi connectivity index (χ0v) is 17.7. The monoisotopic (exact) mass is 441 g/mol. The van der Waals surface area contributed by atoms with Crippen molar-refractivity contribution >= 4 is 37.4 Å². The molecule has 0 aliphatic rings. The molecule has 0 saturated carbocycles. The summed E-state index contributed by atoms with van der Waals surface area (Å²) in [5.41, 5.74) is 4.18. The second kappa shape index (κ2) is 7.38. The Morgan fingerprint density at radius 3 is 2.74 bits per heavy atom. The predicted octanol–water partition coefficient (Wildman–Crippen LogP) is 5.17. The number of alkyl halides is 2. The molecule has 0 aliphatic heterocycles. The Balaban J connectivity index is 1.67. The molecule has 0 bridgehead atoms. The fraction of sp³-hybridized carbons (Fsp3) is 0.238. The molecule has 0 radical (unpaired) electrons. The number of aromatic nitrogens is 5. The van der Waals surface area contributed by atoms with Crippen molar-refractivity contribution in [1.29, 1.82) is 0 Å². The second-order valence-corrected chi connectivity index (χ2v) is 7.96. The third kappa shape index (κ3) is 3.32. The van der Waals surface area contributed by atoms with E-state index in [2.05, 4.69) is 19.8 Å². The van der Waals surface area contributed by atoms with E-state index in [4.69, 9.17) is 9.72 Å². The van der Waals surface area contributed by atoms with Crippen molar-refractivity contribution in [3.8, 4) is 22.9 Å². The summed E-state index contributed by atoms with van der Waals surface area (Å²) in [7, 11) is 0. The maximum atomic E-state index is 12.7. The predicted molar refractivity (Wildman–Crippen MR) is 114 cm³/mol. The summed E-state index contributed by atoms with van der Waals surface area (Å²) >= 11 is 1.52. The first-order valence-corrected chi connectivity index (χ1v) is 10.4. The lowest BCUT2D eigenvalue weighted by molar-refractivity contribution is -0.0514. The van der Waals surface area contributed by atoms with Gasteiger partial charge < -0.3 is 9.47 Å².